The van der Waals surface area contributed by atoms with Gasteiger partial charge in [0, 0.05) is 17.8 Å². The van der Waals surface area contributed by atoms with E-state index in [4.69, 9.17) is 10.5 Å². The quantitative estimate of drug-likeness (QED) is 0.807. The van der Waals surface area contributed by atoms with Crippen molar-refractivity contribution in [3.05, 3.63) is 53.8 Å². The van der Waals surface area contributed by atoms with Crippen LogP contribution in [0, 0.1) is 5.82 Å². The number of halogens is 1. The Morgan fingerprint density at radius 3 is 2.63 bits per heavy atom. The first-order chi connectivity index (χ1) is 9.10. The van der Waals surface area contributed by atoms with Gasteiger partial charge in [-0.3, -0.25) is 0 Å². The summed E-state index contributed by atoms with van der Waals surface area (Å²) in [5, 5.41) is 0. The predicted molar refractivity (Wildman–Crippen MR) is 76.0 cm³/mol. The van der Waals surface area contributed by atoms with Crippen LogP contribution in [0.2, 0.25) is 0 Å². The minimum atomic E-state index is -0.393. The molecule has 1 atom stereocenters. The van der Waals surface area contributed by atoms with Gasteiger partial charge in [-0.1, -0.05) is 32.0 Å². The van der Waals surface area contributed by atoms with Crippen LogP contribution in [0.15, 0.2) is 42.5 Å². The lowest BCUT2D eigenvalue weighted by Crippen LogP contribution is -1.97. The molecule has 3 heteroatoms. The van der Waals surface area contributed by atoms with E-state index in [1.54, 1.807) is 6.07 Å². The Morgan fingerprint density at radius 1 is 1.21 bits per heavy atom. The summed E-state index contributed by atoms with van der Waals surface area (Å²) in [6.45, 7) is 4.27. The van der Waals surface area contributed by atoms with Crippen molar-refractivity contribution in [2.24, 2.45) is 0 Å². The molecule has 0 aromatic heterocycles. The van der Waals surface area contributed by atoms with E-state index in [2.05, 4.69) is 13.8 Å². The molecule has 19 heavy (non-hydrogen) atoms. The summed E-state index contributed by atoms with van der Waals surface area (Å²) in [5.41, 5.74) is 7.09. The van der Waals surface area contributed by atoms with E-state index in [9.17, 15) is 4.39 Å². The summed E-state index contributed by atoms with van der Waals surface area (Å²) in [7, 11) is 0. The molecule has 0 radical (unpaired) electrons. The Hall–Kier alpha value is -2.03. The van der Waals surface area contributed by atoms with Gasteiger partial charge in [0.15, 0.2) is 0 Å². The molecule has 0 heterocycles. The number of nitrogen functional groups attached to an aromatic ring is 1. The van der Waals surface area contributed by atoms with E-state index in [1.807, 2.05) is 24.3 Å². The van der Waals surface area contributed by atoms with Gasteiger partial charge in [-0.25, -0.2) is 4.39 Å². The van der Waals surface area contributed by atoms with Crippen molar-refractivity contribution in [3.8, 4) is 11.5 Å². The number of rotatable bonds is 4. The average Bonchev–Trinajstić information content (AvgIpc) is 2.37. The zero-order valence-corrected chi connectivity index (χ0v) is 11.2. The average molecular weight is 259 g/mol. The van der Waals surface area contributed by atoms with Crippen LogP contribution in [0.5, 0.6) is 11.5 Å². The molecule has 2 N–H and O–H groups in total. The molecule has 0 bridgehead atoms. The molecular weight excluding hydrogens is 241 g/mol. The molecule has 0 fully saturated rings. The fraction of sp³-hybridized carbons (Fsp3) is 0.250. The highest BCUT2D eigenvalue weighted by molar-refractivity contribution is 5.47. The second-order valence-corrected chi connectivity index (χ2v) is 4.67. The van der Waals surface area contributed by atoms with E-state index in [1.165, 1.54) is 12.1 Å². The first-order valence-corrected chi connectivity index (χ1v) is 6.43. The van der Waals surface area contributed by atoms with Gasteiger partial charge in [0.2, 0.25) is 0 Å². The van der Waals surface area contributed by atoms with Crippen LogP contribution in [0.3, 0.4) is 0 Å². The van der Waals surface area contributed by atoms with Crippen molar-refractivity contribution in [1.82, 2.24) is 0 Å². The lowest BCUT2D eigenvalue weighted by Gasteiger charge is -2.15. The number of benzene rings is 2. The second kappa shape index (κ2) is 5.74. The van der Waals surface area contributed by atoms with Crippen molar-refractivity contribution in [1.29, 1.82) is 0 Å². The minimum Gasteiger partial charge on any atom is -0.457 e. The molecule has 0 spiro atoms. The maximum Gasteiger partial charge on any atom is 0.132 e. The number of nitrogens with two attached hydrogens (primary N) is 1. The summed E-state index contributed by atoms with van der Waals surface area (Å²) in [6.07, 6.45) is 1.02. The van der Waals surface area contributed by atoms with E-state index in [-0.39, 0.29) is 0 Å². The molecule has 1 unspecified atom stereocenters. The molecular formula is C16H18FNO. The summed E-state index contributed by atoms with van der Waals surface area (Å²) in [6, 6.07) is 12.0. The van der Waals surface area contributed by atoms with Gasteiger partial charge in [0.25, 0.3) is 0 Å². The summed E-state index contributed by atoms with van der Waals surface area (Å²) in [4.78, 5) is 0. The summed E-state index contributed by atoms with van der Waals surface area (Å²) in [5.74, 6) is 1.17. The molecule has 0 aliphatic rings. The van der Waals surface area contributed by atoms with Gasteiger partial charge in [-0.05, 0) is 30.0 Å². The molecule has 2 aromatic carbocycles. The third-order valence-electron chi connectivity index (χ3n) is 3.18. The van der Waals surface area contributed by atoms with E-state index < -0.39 is 5.82 Å². The molecule has 2 nitrogen and oxygen atoms in total. The lowest BCUT2D eigenvalue weighted by molar-refractivity contribution is 0.465. The largest absolute Gasteiger partial charge is 0.457 e. The molecule has 0 saturated heterocycles. The van der Waals surface area contributed by atoms with Crippen LogP contribution in [-0.4, -0.2) is 0 Å². The second-order valence-electron chi connectivity index (χ2n) is 4.67. The smallest absolute Gasteiger partial charge is 0.132 e. The Kier molecular flexibility index (Phi) is 4.05. The zero-order valence-electron chi connectivity index (χ0n) is 11.2. The molecule has 0 saturated carbocycles. The predicted octanol–water partition coefficient (Wildman–Crippen LogP) is 4.71. The monoisotopic (exact) mass is 259 g/mol. The van der Waals surface area contributed by atoms with Gasteiger partial charge in [0.05, 0.1) is 0 Å². The number of hydrogen-bond donors (Lipinski definition) is 1. The third kappa shape index (κ3) is 3.25. The van der Waals surface area contributed by atoms with Crippen LogP contribution < -0.4 is 10.5 Å². The minimum absolute atomic E-state index is 0.357. The van der Waals surface area contributed by atoms with Crippen molar-refractivity contribution in [2.45, 2.75) is 26.2 Å². The number of para-hydroxylation sites is 1. The van der Waals surface area contributed by atoms with E-state index in [0.717, 1.165) is 17.7 Å². The SMILES string of the molecule is CCC(C)c1ccccc1Oc1cc(N)cc(F)c1. The molecule has 2 rings (SSSR count). The maximum absolute atomic E-state index is 13.3. The zero-order chi connectivity index (χ0) is 13.8. The van der Waals surface area contributed by atoms with E-state index >= 15 is 0 Å². The molecule has 100 valence electrons. The van der Waals surface area contributed by atoms with Crippen LogP contribution >= 0.6 is 0 Å². The fourth-order valence-corrected chi connectivity index (χ4v) is 1.97. The van der Waals surface area contributed by atoms with Gasteiger partial charge in [-0.2, -0.15) is 0 Å². The van der Waals surface area contributed by atoms with Gasteiger partial charge in [0.1, 0.15) is 17.3 Å². The van der Waals surface area contributed by atoms with Gasteiger partial charge >= 0.3 is 0 Å². The summed E-state index contributed by atoms with van der Waals surface area (Å²) >= 11 is 0. The van der Waals surface area contributed by atoms with Crippen LogP contribution in [-0.2, 0) is 0 Å². The topological polar surface area (TPSA) is 35.2 Å². The molecule has 0 aliphatic heterocycles. The molecule has 0 aliphatic carbocycles. The Labute approximate surface area is 113 Å². The highest BCUT2D eigenvalue weighted by atomic mass is 19.1. The number of anilines is 1. The first kappa shape index (κ1) is 13.4. The van der Waals surface area contributed by atoms with Crippen molar-refractivity contribution >= 4 is 5.69 Å². The molecule has 0 amide bonds. The third-order valence-corrected chi connectivity index (χ3v) is 3.18. The van der Waals surface area contributed by atoms with E-state index in [0.29, 0.717) is 17.4 Å². The first-order valence-electron chi connectivity index (χ1n) is 6.43. The van der Waals surface area contributed by atoms with Crippen molar-refractivity contribution in [3.63, 3.8) is 0 Å². The lowest BCUT2D eigenvalue weighted by atomic mass is 9.98. The standard InChI is InChI=1S/C16H18FNO/c1-3-11(2)15-6-4-5-7-16(15)19-14-9-12(17)8-13(18)10-14/h4-11H,3,18H2,1-2H3. The summed E-state index contributed by atoms with van der Waals surface area (Å²) < 4.78 is 19.1. The highest BCUT2D eigenvalue weighted by Crippen LogP contribution is 2.32. The highest BCUT2D eigenvalue weighted by Gasteiger charge is 2.10. The van der Waals surface area contributed by atoms with Crippen molar-refractivity contribution < 1.29 is 9.13 Å². The van der Waals surface area contributed by atoms with Crippen LogP contribution in [0.4, 0.5) is 10.1 Å². The van der Waals surface area contributed by atoms with Gasteiger partial charge in [-0.15, -0.1) is 0 Å². The maximum atomic E-state index is 13.3. The van der Waals surface area contributed by atoms with Gasteiger partial charge < -0.3 is 10.5 Å². The number of ether oxygens (including phenoxy) is 1. The Bertz CT molecular complexity index is 548. The fourth-order valence-electron chi connectivity index (χ4n) is 1.97. The number of hydrogen-bond acceptors (Lipinski definition) is 2. The van der Waals surface area contributed by atoms with Crippen molar-refractivity contribution in [2.75, 3.05) is 5.73 Å². The van der Waals surface area contributed by atoms with Crippen LogP contribution in [0.25, 0.3) is 0 Å². The normalized spacial score (nSPS) is 12.2. The van der Waals surface area contributed by atoms with Crippen LogP contribution in [0.1, 0.15) is 31.7 Å². The Morgan fingerprint density at radius 2 is 1.95 bits per heavy atom. The molecule has 2 aromatic rings. The Balaban J connectivity index is 2.32.